The Hall–Kier alpha value is -2.53. The maximum Gasteiger partial charge on any atom is 0.154 e. The first-order chi connectivity index (χ1) is 15.0. The highest BCUT2D eigenvalue weighted by molar-refractivity contribution is 5.52. The molecule has 1 saturated heterocycles. The fraction of sp³-hybridized carbons (Fsp3) is 0.500. The number of benzene rings is 1. The molecule has 1 aliphatic rings. The van der Waals surface area contributed by atoms with E-state index < -0.39 is 0 Å². The molecule has 174 valence electrons. The summed E-state index contributed by atoms with van der Waals surface area (Å²) in [4.78, 5) is 7.45. The molecular weight excluding hydrogens is 388 g/mol. The van der Waals surface area contributed by atoms with Crippen LogP contribution in [0.2, 0.25) is 0 Å². The quantitative estimate of drug-likeness (QED) is 0.203. The number of hydrogen-bond donors (Lipinski definition) is 0. The van der Waals surface area contributed by atoms with E-state index >= 15 is 0 Å². The number of methoxy groups -OCH3 is 2. The maximum absolute atomic E-state index is 5.09. The van der Waals surface area contributed by atoms with Crippen molar-refractivity contribution in [2.45, 2.75) is 54.0 Å². The van der Waals surface area contributed by atoms with Gasteiger partial charge in [0.1, 0.15) is 5.76 Å². The lowest BCUT2D eigenvalue weighted by atomic mass is 9.99. The maximum atomic E-state index is 5.09. The second-order valence-electron chi connectivity index (χ2n) is 7.08. The van der Waals surface area contributed by atoms with Crippen LogP contribution in [0.1, 0.15) is 53.0 Å². The van der Waals surface area contributed by atoms with Gasteiger partial charge in [-0.15, -0.1) is 0 Å². The molecule has 0 spiro atoms. The number of hydrogen-bond acceptors (Lipinski definition) is 5. The Bertz CT molecular complexity index is 673. The highest BCUT2D eigenvalue weighted by Crippen LogP contribution is 2.17. The van der Waals surface area contributed by atoms with Crippen LogP contribution in [0.25, 0.3) is 0 Å². The van der Waals surface area contributed by atoms with E-state index in [0.29, 0.717) is 11.5 Å². The minimum atomic E-state index is 0.394. The molecule has 1 aromatic carbocycles. The monoisotopic (exact) mass is 430 g/mol. The summed E-state index contributed by atoms with van der Waals surface area (Å²) in [7, 11) is 3.15. The fourth-order valence-corrected chi connectivity index (χ4v) is 2.79. The summed E-state index contributed by atoms with van der Waals surface area (Å²) < 4.78 is 10.1. The molecule has 1 aliphatic heterocycles. The van der Waals surface area contributed by atoms with Crippen molar-refractivity contribution in [3.63, 3.8) is 0 Å². The van der Waals surface area contributed by atoms with Gasteiger partial charge in [-0.05, 0) is 51.3 Å². The van der Waals surface area contributed by atoms with Gasteiger partial charge < -0.3 is 14.3 Å². The van der Waals surface area contributed by atoms with Gasteiger partial charge in [0.2, 0.25) is 0 Å². The van der Waals surface area contributed by atoms with Gasteiger partial charge in [-0.1, -0.05) is 62.8 Å². The topological polar surface area (TPSA) is 43.3 Å². The van der Waals surface area contributed by atoms with E-state index in [1.807, 2.05) is 20.8 Å². The number of nitrogens with zero attached hydrogens (tertiary/aromatic N) is 2. The molecule has 1 heterocycles. The minimum absolute atomic E-state index is 0.394. The third-order valence-corrected chi connectivity index (χ3v) is 4.61. The SMILES string of the molecule is C=C(/C=C(\C=C(/C)OC)OC)O/N=C/C.CC.CC1CCN(Cc2ccccc2)CC1. The number of likely N-dealkylation sites (tertiary alicyclic amines) is 1. The van der Waals surface area contributed by atoms with Gasteiger partial charge in [0, 0.05) is 24.9 Å². The van der Waals surface area contributed by atoms with Gasteiger partial charge in [0.05, 0.1) is 20.0 Å². The predicted molar refractivity (Wildman–Crippen MR) is 132 cm³/mol. The summed E-state index contributed by atoms with van der Waals surface area (Å²) in [6, 6.07) is 10.8. The Morgan fingerprint density at radius 3 is 2.23 bits per heavy atom. The molecular formula is C26H42N2O3. The summed E-state index contributed by atoms with van der Waals surface area (Å²) in [6.45, 7) is 17.3. The van der Waals surface area contributed by atoms with E-state index in [2.05, 4.69) is 53.9 Å². The molecule has 0 amide bonds. The molecule has 0 saturated carbocycles. The zero-order valence-corrected chi connectivity index (χ0v) is 20.6. The summed E-state index contributed by atoms with van der Waals surface area (Å²) in [6.07, 6.45) is 7.61. The second kappa shape index (κ2) is 18.3. The molecule has 1 fully saturated rings. The molecule has 5 nitrogen and oxygen atoms in total. The minimum Gasteiger partial charge on any atom is -0.501 e. The highest BCUT2D eigenvalue weighted by Gasteiger charge is 2.15. The summed E-state index contributed by atoms with van der Waals surface area (Å²) >= 11 is 0. The molecule has 5 heteroatoms. The lowest BCUT2D eigenvalue weighted by molar-refractivity contribution is 0.185. The highest BCUT2D eigenvalue weighted by atomic mass is 16.6. The average Bonchev–Trinajstić information content (AvgIpc) is 2.81. The van der Waals surface area contributed by atoms with E-state index in [0.717, 1.165) is 18.2 Å². The van der Waals surface area contributed by atoms with E-state index in [4.69, 9.17) is 14.3 Å². The van der Waals surface area contributed by atoms with Crippen LogP contribution in [0.5, 0.6) is 0 Å². The van der Waals surface area contributed by atoms with Gasteiger partial charge in [-0.2, -0.15) is 0 Å². The van der Waals surface area contributed by atoms with Gasteiger partial charge in [-0.25, -0.2) is 0 Å². The molecule has 31 heavy (non-hydrogen) atoms. The molecule has 0 bridgehead atoms. The third-order valence-electron chi connectivity index (χ3n) is 4.61. The average molecular weight is 431 g/mol. The van der Waals surface area contributed by atoms with Crippen molar-refractivity contribution >= 4 is 6.21 Å². The van der Waals surface area contributed by atoms with Gasteiger partial charge in [0.25, 0.3) is 0 Å². The number of ether oxygens (including phenoxy) is 2. The number of oxime groups is 1. The summed E-state index contributed by atoms with van der Waals surface area (Å²) in [5, 5.41) is 3.58. The lowest BCUT2D eigenvalue weighted by Gasteiger charge is -2.30. The van der Waals surface area contributed by atoms with E-state index in [9.17, 15) is 0 Å². The number of rotatable bonds is 8. The molecule has 0 radical (unpaired) electrons. The lowest BCUT2D eigenvalue weighted by Crippen LogP contribution is -2.32. The molecule has 0 aliphatic carbocycles. The van der Waals surface area contributed by atoms with Gasteiger partial charge >= 0.3 is 0 Å². The van der Waals surface area contributed by atoms with E-state index in [1.165, 1.54) is 37.7 Å². The van der Waals surface area contributed by atoms with Crippen LogP contribution >= 0.6 is 0 Å². The fourth-order valence-electron chi connectivity index (χ4n) is 2.79. The van der Waals surface area contributed by atoms with Crippen molar-refractivity contribution < 1.29 is 14.3 Å². The van der Waals surface area contributed by atoms with Crippen molar-refractivity contribution in [2.24, 2.45) is 11.1 Å². The normalized spacial score (nSPS) is 15.3. The Kier molecular flexibility index (Phi) is 16.8. The molecule has 0 atom stereocenters. The zero-order valence-electron chi connectivity index (χ0n) is 20.6. The third kappa shape index (κ3) is 14.2. The molecule has 0 unspecified atom stereocenters. The standard InChI is InChI=1S/C13H19N.C11H17NO3.C2H6/c1-12-7-9-14(10-8-12)11-13-5-3-2-4-6-13;1-6-12-15-10(3)8-11(14-5)7-9(2)13-4;1-2/h2-6,12H,7-11H2,1H3;6-8H,3H2,1-2,4-5H3;1-2H3/b;9-7+,11-8+,12-6+;. The van der Waals surface area contributed by atoms with Crippen LogP contribution in [-0.2, 0) is 20.9 Å². The summed E-state index contributed by atoms with van der Waals surface area (Å²) in [5.41, 5.74) is 1.45. The molecule has 1 aromatic rings. The van der Waals surface area contributed by atoms with Crippen LogP contribution in [0.15, 0.2) is 71.5 Å². The Morgan fingerprint density at radius 2 is 1.71 bits per heavy atom. The van der Waals surface area contributed by atoms with E-state index in [1.54, 1.807) is 33.3 Å². The van der Waals surface area contributed by atoms with Crippen LogP contribution in [0.3, 0.4) is 0 Å². The predicted octanol–water partition coefficient (Wildman–Crippen LogP) is 6.55. The Morgan fingerprint density at radius 1 is 1.10 bits per heavy atom. The smallest absolute Gasteiger partial charge is 0.154 e. The van der Waals surface area contributed by atoms with Crippen molar-refractivity contribution in [3.05, 3.63) is 71.9 Å². The molecule has 0 aromatic heterocycles. The van der Waals surface area contributed by atoms with Crippen LogP contribution < -0.4 is 0 Å². The van der Waals surface area contributed by atoms with E-state index in [-0.39, 0.29) is 0 Å². The molecule has 2 rings (SSSR count). The number of allylic oxidation sites excluding steroid dienone is 3. The van der Waals surface area contributed by atoms with Gasteiger partial charge in [-0.3, -0.25) is 4.90 Å². The number of piperidine rings is 1. The Balaban J connectivity index is 0.000000538. The first-order valence-electron chi connectivity index (χ1n) is 11.1. The van der Waals surface area contributed by atoms with Crippen molar-refractivity contribution in [3.8, 4) is 0 Å². The van der Waals surface area contributed by atoms with Crippen LogP contribution in [0, 0.1) is 5.92 Å². The first-order valence-corrected chi connectivity index (χ1v) is 11.1. The van der Waals surface area contributed by atoms with Gasteiger partial charge in [0.15, 0.2) is 5.76 Å². The van der Waals surface area contributed by atoms with Crippen molar-refractivity contribution in [2.75, 3.05) is 27.3 Å². The largest absolute Gasteiger partial charge is 0.501 e. The first kappa shape index (κ1) is 28.5. The summed E-state index contributed by atoms with van der Waals surface area (Å²) in [5.74, 6) is 2.65. The van der Waals surface area contributed by atoms with Crippen LogP contribution in [-0.4, -0.2) is 38.4 Å². The van der Waals surface area contributed by atoms with Crippen LogP contribution in [0.4, 0.5) is 0 Å². The Labute approximate surface area is 190 Å². The van der Waals surface area contributed by atoms with Crippen molar-refractivity contribution in [1.82, 2.24) is 4.90 Å². The molecule has 0 N–H and O–H groups in total. The van der Waals surface area contributed by atoms with Crippen molar-refractivity contribution in [1.29, 1.82) is 0 Å². The zero-order chi connectivity index (χ0) is 23.5. The second-order valence-corrected chi connectivity index (χ2v) is 7.08.